The molecule has 5 rings (SSSR count). The van der Waals surface area contributed by atoms with Gasteiger partial charge in [0.2, 0.25) is 11.8 Å². The lowest BCUT2D eigenvalue weighted by atomic mass is 9.79. The van der Waals surface area contributed by atoms with Gasteiger partial charge in [0, 0.05) is 25.1 Å². The van der Waals surface area contributed by atoms with Crippen molar-refractivity contribution in [2.75, 3.05) is 6.54 Å². The van der Waals surface area contributed by atoms with Gasteiger partial charge in [-0.3, -0.25) is 24.5 Å². The van der Waals surface area contributed by atoms with Crippen LogP contribution in [-0.4, -0.2) is 66.8 Å². The van der Waals surface area contributed by atoms with Crippen LogP contribution in [0.3, 0.4) is 0 Å². The summed E-state index contributed by atoms with van der Waals surface area (Å²) in [5, 5.41) is 23.8. The smallest absolute Gasteiger partial charge is 0.273 e. The zero-order chi connectivity index (χ0) is 24.7. The van der Waals surface area contributed by atoms with Gasteiger partial charge in [-0.25, -0.2) is 4.68 Å². The summed E-state index contributed by atoms with van der Waals surface area (Å²) in [5.74, 6) is -1.03. The van der Waals surface area contributed by atoms with E-state index in [4.69, 9.17) is 0 Å². The van der Waals surface area contributed by atoms with E-state index in [2.05, 4.69) is 27.9 Å². The van der Waals surface area contributed by atoms with Crippen LogP contribution in [0.1, 0.15) is 71.9 Å². The van der Waals surface area contributed by atoms with Crippen molar-refractivity contribution in [2.45, 2.75) is 63.6 Å². The first-order chi connectivity index (χ1) is 16.7. The second-order valence-electron chi connectivity index (χ2n) is 9.90. The molecular formula is C24H28N6O5. The molecule has 3 atom stereocenters. The second-order valence-corrected chi connectivity index (χ2v) is 9.90. The van der Waals surface area contributed by atoms with Gasteiger partial charge in [0.25, 0.3) is 11.8 Å². The van der Waals surface area contributed by atoms with Crippen molar-refractivity contribution in [3.05, 3.63) is 41.2 Å². The summed E-state index contributed by atoms with van der Waals surface area (Å²) in [6.45, 7) is 2.51. The van der Waals surface area contributed by atoms with Gasteiger partial charge in [0.15, 0.2) is 5.69 Å². The third kappa shape index (κ3) is 4.55. The first-order valence-electron chi connectivity index (χ1n) is 11.9. The molecule has 11 heteroatoms. The zero-order valence-corrected chi connectivity index (χ0v) is 19.5. The Bertz CT molecular complexity index is 1210. The number of imide groups is 1. The molecule has 0 bridgehead atoms. The van der Waals surface area contributed by atoms with E-state index in [9.17, 15) is 24.3 Å². The van der Waals surface area contributed by atoms with Crippen LogP contribution < -0.4 is 10.6 Å². The number of aliphatic hydroxyl groups is 1. The lowest BCUT2D eigenvalue weighted by Gasteiger charge is -2.35. The van der Waals surface area contributed by atoms with Crippen molar-refractivity contribution in [2.24, 2.45) is 5.92 Å². The number of aromatic nitrogens is 3. The van der Waals surface area contributed by atoms with Gasteiger partial charge < -0.3 is 15.3 Å². The fraction of sp³-hybridized carbons (Fsp3) is 0.500. The minimum atomic E-state index is -0.899. The molecule has 2 aromatic rings. The Kier molecular flexibility index (Phi) is 5.87. The quantitative estimate of drug-likeness (QED) is 0.534. The van der Waals surface area contributed by atoms with Crippen molar-refractivity contribution in [1.82, 2.24) is 30.5 Å². The average molecular weight is 481 g/mol. The van der Waals surface area contributed by atoms with Gasteiger partial charge in [0.1, 0.15) is 6.04 Å². The van der Waals surface area contributed by atoms with Crippen LogP contribution in [0.5, 0.6) is 0 Å². The van der Waals surface area contributed by atoms with Crippen LogP contribution in [0.2, 0.25) is 0 Å². The van der Waals surface area contributed by atoms with E-state index in [1.165, 1.54) is 15.8 Å². The lowest BCUT2D eigenvalue weighted by Crippen LogP contribution is -2.52. The Morgan fingerprint density at radius 1 is 1.29 bits per heavy atom. The van der Waals surface area contributed by atoms with E-state index in [0.29, 0.717) is 36.4 Å². The molecule has 1 aromatic carbocycles. The molecule has 11 nitrogen and oxygen atoms in total. The maximum absolute atomic E-state index is 12.9. The SMILES string of the molecule is CC1CCCC(O)(CNC(=O)c2cn(-c3ccc4c(c3)CN(C3CCC(=O)NC3=O)C4=O)nn2)C1. The van der Waals surface area contributed by atoms with Crippen LogP contribution in [0.4, 0.5) is 0 Å². The van der Waals surface area contributed by atoms with Crippen LogP contribution in [0.25, 0.3) is 5.69 Å². The molecule has 2 fully saturated rings. The fourth-order valence-corrected chi connectivity index (χ4v) is 5.33. The van der Waals surface area contributed by atoms with E-state index in [1.54, 1.807) is 18.2 Å². The monoisotopic (exact) mass is 480 g/mol. The summed E-state index contributed by atoms with van der Waals surface area (Å²) >= 11 is 0. The standard InChI is InChI=1S/C24H28N6O5/c1-14-3-2-8-24(35,10-14)13-25-21(32)18-12-30(28-27-18)16-4-5-17-15(9-16)11-29(23(17)34)19-6-7-20(31)26-22(19)33/h4-5,9,12,14,19,35H,2-3,6-8,10-11,13H2,1H3,(H,25,32)(H,26,31,33). The maximum Gasteiger partial charge on any atom is 0.273 e. The minimum absolute atomic E-state index is 0.124. The molecule has 0 radical (unpaired) electrons. The van der Waals surface area contributed by atoms with Gasteiger partial charge in [-0.05, 0) is 48.9 Å². The number of hydrogen-bond donors (Lipinski definition) is 3. The number of fused-ring (bicyclic) bond motifs is 1. The van der Waals surface area contributed by atoms with E-state index in [1.807, 2.05) is 0 Å². The Hall–Kier alpha value is -3.60. The van der Waals surface area contributed by atoms with Crippen molar-refractivity contribution in [3.63, 3.8) is 0 Å². The predicted octanol–water partition coefficient (Wildman–Crippen LogP) is 0.699. The topological polar surface area (TPSA) is 147 Å². The lowest BCUT2D eigenvalue weighted by molar-refractivity contribution is -0.136. The van der Waals surface area contributed by atoms with Crippen LogP contribution in [0, 0.1) is 5.92 Å². The molecule has 1 saturated heterocycles. The predicted molar refractivity (Wildman–Crippen MR) is 122 cm³/mol. The third-order valence-corrected chi connectivity index (χ3v) is 7.14. The molecule has 35 heavy (non-hydrogen) atoms. The van der Waals surface area contributed by atoms with Crippen molar-refractivity contribution < 1.29 is 24.3 Å². The zero-order valence-electron chi connectivity index (χ0n) is 19.5. The van der Waals surface area contributed by atoms with Crippen molar-refractivity contribution >= 4 is 23.6 Å². The number of benzene rings is 1. The molecule has 1 aromatic heterocycles. The fourth-order valence-electron chi connectivity index (χ4n) is 5.33. The third-order valence-electron chi connectivity index (χ3n) is 7.14. The highest BCUT2D eigenvalue weighted by Gasteiger charge is 2.39. The molecule has 3 aliphatic rings. The van der Waals surface area contributed by atoms with Crippen molar-refractivity contribution in [1.29, 1.82) is 0 Å². The maximum atomic E-state index is 12.9. The molecule has 184 valence electrons. The Morgan fingerprint density at radius 3 is 2.89 bits per heavy atom. The Labute approximate surface area is 201 Å². The number of carbonyl (C=O) groups excluding carboxylic acids is 4. The highest BCUT2D eigenvalue weighted by atomic mass is 16.3. The average Bonchev–Trinajstić information content (AvgIpc) is 3.43. The molecule has 0 spiro atoms. The number of hydrogen-bond acceptors (Lipinski definition) is 7. The molecule has 3 unspecified atom stereocenters. The van der Waals surface area contributed by atoms with E-state index in [0.717, 1.165) is 18.4 Å². The normalized spacial score (nSPS) is 26.5. The highest BCUT2D eigenvalue weighted by Crippen LogP contribution is 2.32. The summed E-state index contributed by atoms with van der Waals surface area (Å²) in [7, 11) is 0. The largest absolute Gasteiger partial charge is 0.388 e. The molecule has 4 amide bonds. The van der Waals surface area contributed by atoms with Crippen LogP contribution in [-0.2, 0) is 16.1 Å². The number of rotatable bonds is 5. The summed E-state index contributed by atoms with van der Waals surface area (Å²) in [4.78, 5) is 50.6. The summed E-state index contributed by atoms with van der Waals surface area (Å²) in [6, 6.07) is 4.47. The summed E-state index contributed by atoms with van der Waals surface area (Å²) in [5.41, 5.74) is 1.07. The minimum Gasteiger partial charge on any atom is -0.388 e. The Morgan fingerprint density at radius 2 is 2.11 bits per heavy atom. The second kappa shape index (κ2) is 8.88. The first kappa shape index (κ1) is 23.2. The first-order valence-corrected chi connectivity index (χ1v) is 11.9. The van der Waals surface area contributed by atoms with Crippen LogP contribution >= 0.6 is 0 Å². The Balaban J connectivity index is 1.26. The number of carbonyl (C=O) groups is 4. The molecule has 1 aliphatic carbocycles. The van der Waals surface area contributed by atoms with Gasteiger partial charge in [-0.15, -0.1) is 5.10 Å². The summed E-state index contributed by atoms with van der Waals surface area (Å²) < 4.78 is 1.45. The molecule has 3 heterocycles. The number of nitrogens with zero attached hydrogens (tertiary/aromatic N) is 4. The molecule has 1 saturated carbocycles. The van der Waals surface area contributed by atoms with E-state index < -0.39 is 23.5 Å². The van der Waals surface area contributed by atoms with Crippen molar-refractivity contribution in [3.8, 4) is 5.69 Å². The summed E-state index contributed by atoms with van der Waals surface area (Å²) in [6.07, 6.45) is 5.33. The van der Waals surface area contributed by atoms with E-state index in [-0.39, 0.29) is 37.0 Å². The van der Waals surface area contributed by atoms with Gasteiger partial charge in [-0.1, -0.05) is 25.0 Å². The number of piperidine rings is 1. The molecular weight excluding hydrogens is 452 g/mol. The van der Waals surface area contributed by atoms with Gasteiger partial charge >= 0.3 is 0 Å². The van der Waals surface area contributed by atoms with Gasteiger partial charge in [-0.2, -0.15) is 0 Å². The van der Waals surface area contributed by atoms with Gasteiger partial charge in [0.05, 0.1) is 17.5 Å². The number of nitrogens with one attached hydrogen (secondary N) is 2. The van der Waals surface area contributed by atoms with E-state index >= 15 is 0 Å². The van der Waals surface area contributed by atoms with Crippen LogP contribution in [0.15, 0.2) is 24.4 Å². The highest BCUT2D eigenvalue weighted by molar-refractivity contribution is 6.05. The molecule has 2 aliphatic heterocycles. The molecule has 3 N–H and O–H groups in total. The number of amides is 4.